The van der Waals surface area contributed by atoms with Crippen molar-refractivity contribution in [2.45, 2.75) is 51.2 Å². The molecule has 0 amide bonds. The number of fused-ring (bicyclic) bond motifs is 2. The Bertz CT molecular complexity index is 705. The van der Waals surface area contributed by atoms with Crippen LogP contribution in [-0.4, -0.2) is 10.6 Å². The van der Waals surface area contributed by atoms with Crippen molar-refractivity contribution < 1.29 is 4.74 Å². The van der Waals surface area contributed by atoms with Crippen molar-refractivity contribution in [3.8, 4) is 16.3 Å². The van der Waals surface area contributed by atoms with Crippen LogP contribution in [0.2, 0.25) is 0 Å². The zero-order valence-electron chi connectivity index (χ0n) is 12.5. The molecular weight excluding hydrogens is 280 g/mol. The van der Waals surface area contributed by atoms with Crippen LogP contribution in [0.5, 0.6) is 5.75 Å². The number of nitrogens with two attached hydrogens (primary N) is 1. The number of aromatic nitrogens is 1. The lowest BCUT2D eigenvalue weighted by atomic mass is 9.99. The second kappa shape index (κ2) is 4.55. The first-order valence-electron chi connectivity index (χ1n) is 7.60. The lowest BCUT2D eigenvalue weighted by Gasteiger charge is -2.17. The third-order valence-electron chi connectivity index (χ3n) is 4.31. The maximum absolute atomic E-state index is 6.23. The van der Waals surface area contributed by atoms with E-state index in [2.05, 4.69) is 32.0 Å². The standard InChI is InChI=1S/C17H20N2OS/c1-17(2)9-10-5-3-6-11(14(10)20-17)16-19-13-8-4-7-12(18)15(13)21-16/h3,5-6,12H,4,7-9,18H2,1-2H3. The van der Waals surface area contributed by atoms with Crippen LogP contribution < -0.4 is 10.5 Å². The Hall–Kier alpha value is -1.39. The highest BCUT2D eigenvalue weighted by atomic mass is 32.1. The Balaban J connectivity index is 1.81. The van der Waals surface area contributed by atoms with E-state index in [1.807, 2.05) is 0 Å². The third-order valence-corrected chi connectivity index (χ3v) is 5.58. The molecule has 0 bridgehead atoms. The molecule has 0 saturated heterocycles. The zero-order chi connectivity index (χ0) is 14.6. The summed E-state index contributed by atoms with van der Waals surface area (Å²) in [7, 11) is 0. The van der Waals surface area contributed by atoms with Crippen molar-refractivity contribution >= 4 is 11.3 Å². The Morgan fingerprint density at radius 1 is 1.38 bits per heavy atom. The van der Waals surface area contributed by atoms with Gasteiger partial charge in [0, 0.05) is 17.3 Å². The van der Waals surface area contributed by atoms with Gasteiger partial charge in [-0.1, -0.05) is 12.1 Å². The number of para-hydroxylation sites is 1. The summed E-state index contributed by atoms with van der Waals surface area (Å²) in [4.78, 5) is 6.12. The van der Waals surface area contributed by atoms with Crippen LogP contribution in [0.4, 0.5) is 0 Å². The van der Waals surface area contributed by atoms with Gasteiger partial charge in [0.2, 0.25) is 0 Å². The molecule has 1 atom stereocenters. The van der Waals surface area contributed by atoms with E-state index in [9.17, 15) is 0 Å². The van der Waals surface area contributed by atoms with Gasteiger partial charge >= 0.3 is 0 Å². The molecule has 1 aromatic carbocycles. The van der Waals surface area contributed by atoms with E-state index in [4.69, 9.17) is 15.5 Å². The van der Waals surface area contributed by atoms with Crippen LogP contribution in [0, 0.1) is 0 Å². The maximum Gasteiger partial charge on any atom is 0.133 e. The molecule has 2 N–H and O–H groups in total. The minimum Gasteiger partial charge on any atom is -0.486 e. The predicted molar refractivity (Wildman–Crippen MR) is 85.8 cm³/mol. The number of ether oxygens (including phenoxy) is 1. The van der Waals surface area contributed by atoms with Crippen molar-refractivity contribution in [1.29, 1.82) is 0 Å². The molecule has 110 valence electrons. The molecule has 2 aromatic rings. The number of thiazole rings is 1. The average Bonchev–Trinajstić information content (AvgIpc) is 2.97. The van der Waals surface area contributed by atoms with Crippen molar-refractivity contribution in [3.63, 3.8) is 0 Å². The fourth-order valence-corrected chi connectivity index (χ4v) is 4.52. The van der Waals surface area contributed by atoms with Gasteiger partial charge in [-0.25, -0.2) is 4.98 Å². The van der Waals surface area contributed by atoms with E-state index in [1.54, 1.807) is 11.3 Å². The highest BCUT2D eigenvalue weighted by molar-refractivity contribution is 7.15. The fraction of sp³-hybridized carbons (Fsp3) is 0.471. The number of hydrogen-bond donors (Lipinski definition) is 1. The molecule has 0 saturated carbocycles. The number of hydrogen-bond acceptors (Lipinski definition) is 4. The van der Waals surface area contributed by atoms with E-state index in [1.165, 1.54) is 16.1 Å². The second-order valence-electron chi connectivity index (χ2n) is 6.66. The van der Waals surface area contributed by atoms with Crippen LogP contribution in [0.1, 0.15) is 48.9 Å². The molecule has 1 aromatic heterocycles. The SMILES string of the molecule is CC1(C)Cc2cccc(-c3nc4c(s3)C(N)CCC4)c2O1. The van der Waals surface area contributed by atoms with Crippen molar-refractivity contribution in [1.82, 2.24) is 4.98 Å². The molecule has 3 nitrogen and oxygen atoms in total. The van der Waals surface area contributed by atoms with Crippen molar-refractivity contribution in [2.75, 3.05) is 0 Å². The van der Waals surface area contributed by atoms with E-state index < -0.39 is 0 Å². The van der Waals surface area contributed by atoms with Crippen LogP contribution in [0.25, 0.3) is 10.6 Å². The molecule has 4 rings (SSSR count). The molecule has 2 aliphatic rings. The Morgan fingerprint density at radius 2 is 2.24 bits per heavy atom. The van der Waals surface area contributed by atoms with Gasteiger partial charge in [0.05, 0.1) is 11.3 Å². The summed E-state index contributed by atoms with van der Waals surface area (Å²) in [5.74, 6) is 1.02. The molecule has 1 aliphatic carbocycles. The zero-order valence-corrected chi connectivity index (χ0v) is 13.3. The molecule has 0 spiro atoms. The Labute approximate surface area is 129 Å². The molecule has 1 unspecified atom stereocenters. The quantitative estimate of drug-likeness (QED) is 0.870. The number of aryl methyl sites for hydroxylation is 1. The molecule has 1 aliphatic heterocycles. The summed E-state index contributed by atoms with van der Waals surface area (Å²) >= 11 is 1.75. The highest BCUT2D eigenvalue weighted by Crippen LogP contribution is 2.45. The van der Waals surface area contributed by atoms with Gasteiger partial charge in [-0.05, 0) is 44.7 Å². The predicted octanol–water partition coefficient (Wildman–Crippen LogP) is 3.86. The summed E-state index contributed by atoms with van der Waals surface area (Å²) in [6.45, 7) is 4.28. The summed E-state index contributed by atoms with van der Waals surface area (Å²) in [5, 5.41) is 1.06. The van der Waals surface area contributed by atoms with Gasteiger partial charge in [0.1, 0.15) is 16.4 Å². The number of benzene rings is 1. The molecule has 2 heterocycles. The average molecular weight is 300 g/mol. The first-order chi connectivity index (χ1) is 10.0. The van der Waals surface area contributed by atoms with E-state index >= 15 is 0 Å². The van der Waals surface area contributed by atoms with Crippen LogP contribution in [0.3, 0.4) is 0 Å². The normalized spacial score (nSPS) is 22.5. The molecule has 0 radical (unpaired) electrons. The van der Waals surface area contributed by atoms with Crippen LogP contribution >= 0.6 is 11.3 Å². The summed E-state index contributed by atoms with van der Waals surface area (Å²) in [6.07, 6.45) is 4.24. The topological polar surface area (TPSA) is 48.1 Å². The Kier molecular flexibility index (Phi) is 2.88. The molecule has 0 fully saturated rings. The lowest BCUT2D eigenvalue weighted by Crippen LogP contribution is -2.24. The number of nitrogens with zero attached hydrogens (tertiary/aromatic N) is 1. The largest absolute Gasteiger partial charge is 0.486 e. The van der Waals surface area contributed by atoms with Gasteiger partial charge < -0.3 is 10.5 Å². The Morgan fingerprint density at radius 3 is 3.05 bits per heavy atom. The first-order valence-corrected chi connectivity index (χ1v) is 8.42. The van der Waals surface area contributed by atoms with Gasteiger partial charge in [-0.3, -0.25) is 0 Å². The fourth-order valence-electron chi connectivity index (χ4n) is 3.35. The smallest absolute Gasteiger partial charge is 0.133 e. The minimum atomic E-state index is -0.119. The summed E-state index contributed by atoms with van der Waals surface area (Å²) in [6, 6.07) is 6.55. The second-order valence-corrected chi connectivity index (χ2v) is 7.69. The van der Waals surface area contributed by atoms with Gasteiger partial charge in [0.15, 0.2) is 0 Å². The van der Waals surface area contributed by atoms with Gasteiger partial charge in [0.25, 0.3) is 0 Å². The molecular formula is C17H20N2OS. The minimum absolute atomic E-state index is 0.119. The molecule has 4 heteroatoms. The number of rotatable bonds is 1. The highest BCUT2D eigenvalue weighted by Gasteiger charge is 2.33. The first kappa shape index (κ1) is 13.3. The molecule has 21 heavy (non-hydrogen) atoms. The van der Waals surface area contributed by atoms with E-state index in [0.717, 1.165) is 42.0 Å². The van der Waals surface area contributed by atoms with Crippen LogP contribution in [-0.2, 0) is 12.8 Å². The maximum atomic E-state index is 6.23. The van der Waals surface area contributed by atoms with E-state index in [-0.39, 0.29) is 11.6 Å². The van der Waals surface area contributed by atoms with E-state index in [0.29, 0.717) is 0 Å². The monoisotopic (exact) mass is 300 g/mol. The van der Waals surface area contributed by atoms with Crippen molar-refractivity contribution in [2.24, 2.45) is 5.73 Å². The van der Waals surface area contributed by atoms with Gasteiger partial charge in [-0.2, -0.15) is 0 Å². The summed E-state index contributed by atoms with van der Waals surface area (Å²) in [5.41, 5.74) is 9.73. The lowest BCUT2D eigenvalue weighted by molar-refractivity contribution is 0.139. The van der Waals surface area contributed by atoms with Crippen molar-refractivity contribution in [3.05, 3.63) is 34.3 Å². The van der Waals surface area contributed by atoms with Crippen LogP contribution in [0.15, 0.2) is 18.2 Å². The van der Waals surface area contributed by atoms with Gasteiger partial charge in [-0.15, -0.1) is 11.3 Å². The summed E-state index contributed by atoms with van der Waals surface area (Å²) < 4.78 is 6.17. The third kappa shape index (κ3) is 2.17.